The smallest absolute Gasteiger partial charge is 0.264 e. The Labute approximate surface area is 134 Å². The number of carbonyl (C=O) groups is 1. The van der Waals surface area contributed by atoms with Crippen LogP contribution in [0.4, 0.5) is 0 Å². The van der Waals surface area contributed by atoms with Crippen molar-refractivity contribution >= 4 is 5.91 Å². The van der Waals surface area contributed by atoms with E-state index in [4.69, 9.17) is 0 Å². The summed E-state index contributed by atoms with van der Waals surface area (Å²) in [5.74, 6) is 0.226. The Morgan fingerprint density at radius 1 is 1.30 bits per heavy atom. The molecular formula is C15H22N6O2. The quantitative estimate of drug-likeness (QED) is 0.861. The average Bonchev–Trinajstić information content (AvgIpc) is 2.99. The molecule has 0 aromatic carbocycles. The first-order valence-electron chi connectivity index (χ1n) is 7.57. The Hall–Kier alpha value is -2.51. The molecule has 8 heteroatoms. The van der Waals surface area contributed by atoms with Gasteiger partial charge in [-0.2, -0.15) is 5.10 Å². The first-order valence-corrected chi connectivity index (χ1v) is 7.57. The molecule has 124 valence electrons. The van der Waals surface area contributed by atoms with Gasteiger partial charge in [0.1, 0.15) is 24.0 Å². The van der Waals surface area contributed by atoms with Crippen LogP contribution in [0.2, 0.25) is 0 Å². The molecule has 2 aromatic heterocycles. The van der Waals surface area contributed by atoms with E-state index in [2.05, 4.69) is 25.4 Å². The van der Waals surface area contributed by atoms with E-state index in [-0.39, 0.29) is 23.6 Å². The number of aryl methyl sites for hydroxylation is 1. The molecule has 2 atom stereocenters. The third-order valence-electron chi connectivity index (χ3n) is 3.83. The van der Waals surface area contributed by atoms with Crippen molar-refractivity contribution in [1.82, 2.24) is 30.0 Å². The maximum absolute atomic E-state index is 12.4. The van der Waals surface area contributed by atoms with Crippen LogP contribution in [0.1, 0.15) is 61.5 Å². The second kappa shape index (κ2) is 6.72. The number of aromatic nitrogens is 5. The number of H-pyrrole nitrogens is 1. The van der Waals surface area contributed by atoms with Gasteiger partial charge in [0.05, 0.1) is 11.7 Å². The van der Waals surface area contributed by atoms with Gasteiger partial charge in [0, 0.05) is 12.0 Å². The highest BCUT2D eigenvalue weighted by molar-refractivity contribution is 5.95. The third-order valence-corrected chi connectivity index (χ3v) is 3.83. The van der Waals surface area contributed by atoms with Crippen LogP contribution in [-0.2, 0) is 0 Å². The molecule has 2 rings (SSSR count). The van der Waals surface area contributed by atoms with Gasteiger partial charge in [0.25, 0.3) is 11.5 Å². The van der Waals surface area contributed by atoms with E-state index in [1.165, 1.54) is 6.33 Å². The summed E-state index contributed by atoms with van der Waals surface area (Å²) < 4.78 is 1.65. The lowest BCUT2D eigenvalue weighted by Gasteiger charge is -2.21. The SMILES string of the molecule is Cc1nc(C(C)C)[nH]c(=O)c1C(=O)NC(C)C(C)n1cncn1. The number of hydrogen-bond donors (Lipinski definition) is 2. The number of hydrogen-bond acceptors (Lipinski definition) is 5. The second-order valence-corrected chi connectivity index (χ2v) is 5.94. The molecule has 23 heavy (non-hydrogen) atoms. The van der Waals surface area contributed by atoms with Gasteiger partial charge < -0.3 is 10.3 Å². The number of nitrogens with one attached hydrogen (secondary N) is 2. The predicted molar refractivity (Wildman–Crippen MR) is 85.3 cm³/mol. The molecule has 0 saturated carbocycles. The number of nitrogens with zero attached hydrogens (tertiary/aromatic N) is 4. The summed E-state index contributed by atoms with van der Waals surface area (Å²) in [5.41, 5.74) is 0.0573. The van der Waals surface area contributed by atoms with E-state index in [9.17, 15) is 9.59 Å². The molecule has 2 N–H and O–H groups in total. The van der Waals surface area contributed by atoms with E-state index >= 15 is 0 Å². The molecule has 8 nitrogen and oxygen atoms in total. The molecule has 2 unspecified atom stereocenters. The summed E-state index contributed by atoms with van der Waals surface area (Å²) in [6.07, 6.45) is 3.03. The first-order chi connectivity index (χ1) is 10.8. The second-order valence-electron chi connectivity index (χ2n) is 5.94. The number of rotatable bonds is 5. The highest BCUT2D eigenvalue weighted by Crippen LogP contribution is 2.11. The Balaban J connectivity index is 2.19. The van der Waals surface area contributed by atoms with Crippen molar-refractivity contribution < 1.29 is 4.79 Å². The summed E-state index contributed by atoms with van der Waals surface area (Å²) in [6, 6.07) is -0.323. The molecule has 0 saturated heterocycles. The lowest BCUT2D eigenvalue weighted by molar-refractivity contribution is 0.0925. The molecule has 2 aromatic rings. The molecule has 0 spiro atoms. The van der Waals surface area contributed by atoms with Gasteiger partial charge in [0.15, 0.2) is 0 Å². The molecule has 0 aliphatic heterocycles. The van der Waals surface area contributed by atoms with Crippen molar-refractivity contribution in [1.29, 1.82) is 0 Å². The topological polar surface area (TPSA) is 106 Å². The van der Waals surface area contributed by atoms with Crippen molar-refractivity contribution in [3.05, 3.63) is 40.1 Å². The molecule has 0 aliphatic rings. The van der Waals surface area contributed by atoms with Crippen molar-refractivity contribution in [2.45, 2.75) is 52.6 Å². The zero-order valence-electron chi connectivity index (χ0n) is 14.0. The molecule has 1 amide bonds. The fourth-order valence-electron chi connectivity index (χ4n) is 2.20. The van der Waals surface area contributed by atoms with Crippen LogP contribution in [0, 0.1) is 6.92 Å². The van der Waals surface area contributed by atoms with Crippen molar-refractivity contribution in [3.8, 4) is 0 Å². The maximum Gasteiger partial charge on any atom is 0.264 e. The maximum atomic E-state index is 12.4. The fourth-order valence-corrected chi connectivity index (χ4v) is 2.20. The van der Waals surface area contributed by atoms with Gasteiger partial charge >= 0.3 is 0 Å². The summed E-state index contributed by atoms with van der Waals surface area (Å²) >= 11 is 0. The van der Waals surface area contributed by atoms with Gasteiger partial charge in [-0.05, 0) is 20.8 Å². The standard InChI is InChI=1S/C15H22N6O2/c1-8(2)13-18-10(4)12(15(23)20-13)14(22)19-9(3)11(5)21-7-16-6-17-21/h6-9,11H,1-5H3,(H,19,22)(H,18,20,23). The molecule has 0 fully saturated rings. The summed E-state index contributed by atoms with van der Waals surface area (Å²) in [6.45, 7) is 9.29. The zero-order chi connectivity index (χ0) is 17.1. The minimum absolute atomic E-state index is 0.0482. The minimum Gasteiger partial charge on any atom is -0.347 e. The first kappa shape index (κ1) is 16.9. The summed E-state index contributed by atoms with van der Waals surface area (Å²) in [7, 11) is 0. The van der Waals surface area contributed by atoms with E-state index < -0.39 is 11.5 Å². The molecule has 2 heterocycles. The fraction of sp³-hybridized carbons (Fsp3) is 0.533. The summed E-state index contributed by atoms with van der Waals surface area (Å²) in [4.78, 5) is 35.5. The largest absolute Gasteiger partial charge is 0.347 e. The van der Waals surface area contributed by atoms with Gasteiger partial charge in [-0.15, -0.1) is 0 Å². The molecule has 0 aliphatic carbocycles. The van der Waals surface area contributed by atoms with E-state index in [1.807, 2.05) is 27.7 Å². The van der Waals surface area contributed by atoms with Crippen LogP contribution in [0.5, 0.6) is 0 Å². The highest BCUT2D eigenvalue weighted by atomic mass is 16.2. The van der Waals surface area contributed by atoms with Crippen LogP contribution in [0.3, 0.4) is 0 Å². The van der Waals surface area contributed by atoms with Gasteiger partial charge in [-0.3, -0.25) is 9.59 Å². The van der Waals surface area contributed by atoms with Crippen LogP contribution < -0.4 is 10.9 Å². The minimum atomic E-state index is -0.439. The van der Waals surface area contributed by atoms with E-state index in [0.29, 0.717) is 11.5 Å². The molecular weight excluding hydrogens is 296 g/mol. The third kappa shape index (κ3) is 3.64. The Bertz CT molecular complexity index is 735. The lowest BCUT2D eigenvalue weighted by Crippen LogP contribution is -2.41. The molecule has 0 bridgehead atoms. The number of aromatic amines is 1. The van der Waals surface area contributed by atoms with Gasteiger partial charge in [-0.25, -0.2) is 14.6 Å². The Kier molecular flexibility index (Phi) is 4.92. The number of carbonyl (C=O) groups excluding carboxylic acids is 1. The zero-order valence-corrected chi connectivity index (χ0v) is 14.0. The Morgan fingerprint density at radius 2 is 2.00 bits per heavy atom. The van der Waals surface area contributed by atoms with Crippen LogP contribution in [0.15, 0.2) is 17.4 Å². The van der Waals surface area contributed by atoms with Crippen LogP contribution in [0.25, 0.3) is 0 Å². The number of amides is 1. The molecule has 0 radical (unpaired) electrons. The average molecular weight is 318 g/mol. The van der Waals surface area contributed by atoms with E-state index in [1.54, 1.807) is 17.9 Å². The van der Waals surface area contributed by atoms with Crippen molar-refractivity contribution in [2.75, 3.05) is 0 Å². The lowest BCUT2D eigenvalue weighted by atomic mass is 10.1. The van der Waals surface area contributed by atoms with Crippen molar-refractivity contribution in [3.63, 3.8) is 0 Å². The van der Waals surface area contributed by atoms with E-state index in [0.717, 1.165) is 0 Å². The Morgan fingerprint density at radius 3 is 2.52 bits per heavy atom. The highest BCUT2D eigenvalue weighted by Gasteiger charge is 2.22. The van der Waals surface area contributed by atoms with Gasteiger partial charge in [0.2, 0.25) is 0 Å². The monoisotopic (exact) mass is 318 g/mol. The van der Waals surface area contributed by atoms with Crippen LogP contribution >= 0.6 is 0 Å². The predicted octanol–water partition coefficient (Wildman–Crippen LogP) is 1.17. The van der Waals surface area contributed by atoms with Crippen LogP contribution in [-0.4, -0.2) is 36.7 Å². The summed E-state index contributed by atoms with van der Waals surface area (Å²) in [5, 5.41) is 6.88. The van der Waals surface area contributed by atoms with Crippen molar-refractivity contribution in [2.24, 2.45) is 0 Å². The van der Waals surface area contributed by atoms with Gasteiger partial charge in [-0.1, -0.05) is 13.8 Å². The normalized spacial score (nSPS) is 13.8.